The summed E-state index contributed by atoms with van der Waals surface area (Å²) >= 11 is 0. The van der Waals surface area contributed by atoms with Crippen LogP contribution < -0.4 is 5.32 Å². The van der Waals surface area contributed by atoms with E-state index in [1.807, 2.05) is 31.2 Å². The number of fused-ring (bicyclic) bond motifs is 4. The van der Waals surface area contributed by atoms with E-state index in [4.69, 9.17) is 9.97 Å². The molecule has 4 heteroatoms. The summed E-state index contributed by atoms with van der Waals surface area (Å²) in [6.07, 6.45) is 2.83. The van der Waals surface area contributed by atoms with Crippen molar-refractivity contribution >= 4 is 22.5 Å². The van der Waals surface area contributed by atoms with Crippen LogP contribution in [0.2, 0.25) is 0 Å². The zero-order valence-corrected chi connectivity index (χ0v) is 17.0. The lowest BCUT2D eigenvalue weighted by atomic mass is 9.92. The van der Waals surface area contributed by atoms with Crippen LogP contribution in [-0.4, -0.2) is 15.9 Å². The van der Waals surface area contributed by atoms with E-state index in [1.165, 1.54) is 10.9 Å². The standard InChI is InChI=1S/C26H23N3O/c1-2-22-26(28-23-14-13-19-8-5-6-10-21(19)25(23)27-22)29-24(30)16-17-11-12-18-7-3-4-9-20(18)15-17/h3-12,15H,2,13-14,16H2,1H3,(H,28,29,30). The average molecular weight is 393 g/mol. The molecule has 0 unspecified atom stereocenters. The van der Waals surface area contributed by atoms with Gasteiger partial charge >= 0.3 is 0 Å². The van der Waals surface area contributed by atoms with Gasteiger partial charge in [-0.2, -0.15) is 0 Å². The average Bonchev–Trinajstić information content (AvgIpc) is 2.78. The van der Waals surface area contributed by atoms with Gasteiger partial charge in [-0.05, 0) is 41.2 Å². The molecule has 0 spiro atoms. The number of hydrogen-bond donors (Lipinski definition) is 1. The molecule has 1 amide bonds. The maximum atomic E-state index is 12.8. The molecule has 0 saturated heterocycles. The summed E-state index contributed by atoms with van der Waals surface area (Å²) in [5.74, 6) is 0.534. The van der Waals surface area contributed by atoms with Gasteiger partial charge in [-0.3, -0.25) is 4.79 Å². The molecule has 0 saturated carbocycles. The predicted octanol–water partition coefficient (Wildman–Crippen LogP) is 5.14. The molecule has 148 valence electrons. The summed E-state index contributed by atoms with van der Waals surface area (Å²) < 4.78 is 0. The van der Waals surface area contributed by atoms with Crippen LogP contribution in [0.3, 0.4) is 0 Å². The second-order valence-electron chi connectivity index (χ2n) is 7.73. The summed E-state index contributed by atoms with van der Waals surface area (Å²) in [5.41, 5.74) is 6.22. The topological polar surface area (TPSA) is 54.9 Å². The Morgan fingerprint density at radius 3 is 2.60 bits per heavy atom. The van der Waals surface area contributed by atoms with Crippen LogP contribution in [0.5, 0.6) is 0 Å². The maximum absolute atomic E-state index is 12.8. The van der Waals surface area contributed by atoms with Crippen molar-refractivity contribution < 1.29 is 4.79 Å². The number of benzene rings is 3. The quantitative estimate of drug-likeness (QED) is 0.522. The first kappa shape index (κ1) is 18.5. The first-order valence-electron chi connectivity index (χ1n) is 10.5. The smallest absolute Gasteiger partial charge is 0.229 e. The van der Waals surface area contributed by atoms with Crippen molar-refractivity contribution in [2.45, 2.75) is 32.6 Å². The third-order valence-corrected chi connectivity index (χ3v) is 5.72. The van der Waals surface area contributed by atoms with Gasteiger partial charge in [0.1, 0.15) is 0 Å². The fourth-order valence-electron chi connectivity index (χ4n) is 4.17. The van der Waals surface area contributed by atoms with E-state index in [1.54, 1.807) is 0 Å². The molecule has 0 atom stereocenters. The summed E-state index contributed by atoms with van der Waals surface area (Å²) in [6, 6.07) is 22.7. The van der Waals surface area contributed by atoms with Gasteiger partial charge in [-0.1, -0.05) is 73.7 Å². The van der Waals surface area contributed by atoms with E-state index in [-0.39, 0.29) is 5.91 Å². The molecule has 4 aromatic rings. The molecule has 0 aliphatic heterocycles. The van der Waals surface area contributed by atoms with Crippen molar-refractivity contribution in [2.75, 3.05) is 5.32 Å². The summed E-state index contributed by atoms with van der Waals surface area (Å²) in [6.45, 7) is 2.05. The van der Waals surface area contributed by atoms with Crippen molar-refractivity contribution in [2.24, 2.45) is 0 Å². The molecule has 5 rings (SSSR count). The molecule has 1 aliphatic rings. The highest BCUT2D eigenvalue weighted by Gasteiger charge is 2.21. The molecule has 4 nitrogen and oxygen atoms in total. The number of nitrogens with one attached hydrogen (secondary N) is 1. The second kappa shape index (κ2) is 7.71. The third kappa shape index (κ3) is 3.45. The number of aromatic nitrogens is 2. The summed E-state index contributed by atoms with van der Waals surface area (Å²) in [5, 5.41) is 5.34. The maximum Gasteiger partial charge on any atom is 0.229 e. The Labute approximate surface area is 176 Å². The normalized spacial score (nSPS) is 12.3. The minimum atomic E-state index is -0.0644. The Morgan fingerprint density at radius 2 is 1.73 bits per heavy atom. The molecule has 1 aliphatic carbocycles. The Morgan fingerprint density at radius 1 is 0.933 bits per heavy atom. The molecule has 1 heterocycles. The van der Waals surface area contributed by atoms with Gasteiger partial charge in [0.2, 0.25) is 5.91 Å². The number of aryl methyl sites for hydroxylation is 3. The lowest BCUT2D eigenvalue weighted by molar-refractivity contribution is -0.115. The second-order valence-corrected chi connectivity index (χ2v) is 7.73. The third-order valence-electron chi connectivity index (χ3n) is 5.72. The van der Waals surface area contributed by atoms with Crippen molar-refractivity contribution in [3.8, 4) is 11.3 Å². The number of hydrogen-bond acceptors (Lipinski definition) is 3. The van der Waals surface area contributed by atoms with Gasteiger partial charge in [0, 0.05) is 5.56 Å². The van der Waals surface area contributed by atoms with Gasteiger partial charge in [0.15, 0.2) is 5.82 Å². The van der Waals surface area contributed by atoms with Crippen molar-refractivity contribution in [3.63, 3.8) is 0 Å². The van der Waals surface area contributed by atoms with E-state index in [9.17, 15) is 4.79 Å². The van der Waals surface area contributed by atoms with Gasteiger partial charge in [0.25, 0.3) is 0 Å². The molecule has 0 fully saturated rings. The molecule has 3 aromatic carbocycles. The first-order chi connectivity index (χ1) is 14.7. The highest BCUT2D eigenvalue weighted by Crippen LogP contribution is 2.32. The minimum Gasteiger partial charge on any atom is -0.309 e. The number of carbonyl (C=O) groups is 1. The zero-order chi connectivity index (χ0) is 20.5. The predicted molar refractivity (Wildman–Crippen MR) is 121 cm³/mol. The number of rotatable bonds is 4. The van der Waals surface area contributed by atoms with Crippen LogP contribution in [0, 0.1) is 0 Å². The lowest BCUT2D eigenvalue weighted by Crippen LogP contribution is -2.19. The minimum absolute atomic E-state index is 0.0644. The number of carbonyl (C=O) groups excluding carboxylic acids is 1. The molecule has 1 N–H and O–H groups in total. The number of nitrogens with zero attached hydrogens (tertiary/aromatic N) is 2. The molecule has 1 aromatic heterocycles. The van der Waals surface area contributed by atoms with Crippen LogP contribution in [0.25, 0.3) is 22.0 Å². The zero-order valence-electron chi connectivity index (χ0n) is 17.0. The van der Waals surface area contributed by atoms with Gasteiger partial charge in [0.05, 0.1) is 23.5 Å². The molecule has 0 bridgehead atoms. The van der Waals surface area contributed by atoms with Crippen molar-refractivity contribution in [1.29, 1.82) is 0 Å². The van der Waals surface area contributed by atoms with E-state index in [2.05, 4.69) is 47.8 Å². The summed E-state index contributed by atoms with van der Waals surface area (Å²) in [7, 11) is 0. The number of anilines is 1. The van der Waals surface area contributed by atoms with E-state index < -0.39 is 0 Å². The SMILES string of the molecule is CCc1nc2c(nc1NC(=O)Cc1ccc3ccccc3c1)CCc1ccccc1-2. The first-order valence-corrected chi connectivity index (χ1v) is 10.5. The van der Waals surface area contributed by atoms with Crippen molar-refractivity contribution in [3.05, 3.63) is 89.2 Å². The Bertz CT molecular complexity index is 1260. The highest BCUT2D eigenvalue weighted by molar-refractivity contribution is 5.93. The molecular formula is C26H23N3O. The molecule has 30 heavy (non-hydrogen) atoms. The fraction of sp³-hybridized carbons (Fsp3) is 0.192. The monoisotopic (exact) mass is 393 g/mol. The van der Waals surface area contributed by atoms with Gasteiger partial charge < -0.3 is 5.32 Å². The largest absolute Gasteiger partial charge is 0.309 e. The van der Waals surface area contributed by atoms with Crippen LogP contribution in [-0.2, 0) is 30.5 Å². The molecular weight excluding hydrogens is 370 g/mol. The Kier molecular flexibility index (Phi) is 4.75. The number of amides is 1. The fourth-order valence-corrected chi connectivity index (χ4v) is 4.17. The van der Waals surface area contributed by atoms with Crippen LogP contribution in [0.4, 0.5) is 5.82 Å². The van der Waals surface area contributed by atoms with Crippen LogP contribution in [0.15, 0.2) is 66.7 Å². The van der Waals surface area contributed by atoms with Crippen LogP contribution in [0.1, 0.15) is 29.4 Å². The Balaban J connectivity index is 1.41. The van der Waals surface area contributed by atoms with Crippen molar-refractivity contribution in [1.82, 2.24) is 9.97 Å². The van der Waals surface area contributed by atoms with Gasteiger partial charge in [-0.25, -0.2) is 9.97 Å². The summed E-state index contributed by atoms with van der Waals surface area (Å²) in [4.78, 5) is 22.5. The van der Waals surface area contributed by atoms with E-state index in [0.717, 1.165) is 46.4 Å². The van der Waals surface area contributed by atoms with E-state index in [0.29, 0.717) is 18.7 Å². The van der Waals surface area contributed by atoms with Gasteiger partial charge in [-0.15, -0.1) is 0 Å². The highest BCUT2D eigenvalue weighted by atomic mass is 16.1. The van der Waals surface area contributed by atoms with E-state index >= 15 is 0 Å². The Hall–Kier alpha value is -3.53. The lowest BCUT2D eigenvalue weighted by Gasteiger charge is -2.20. The van der Waals surface area contributed by atoms with Crippen LogP contribution >= 0.6 is 0 Å². The molecule has 0 radical (unpaired) electrons.